The Morgan fingerprint density at radius 1 is 1.03 bits per heavy atom. The first-order valence-electron chi connectivity index (χ1n) is 9.17. The Labute approximate surface area is 169 Å². The molecule has 6 nitrogen and oxygen atoms in total. The molecule has 2 aromatic heterocycles. The predicted molar refractivity (Wildman–Crippen MR) is 113 cm³/mol. The number of nitrogens with zero attached hydrogens (tertiary/aromatic N) is 2. The van der Waals surface area contributed by atoms with Gasteiger partial charge in [-0.3, -0.25) is 14.6 Å². The van der Waals surface area contributed by atoms with Crippen LogP contribution in [0.3, 0.4) is 0 Å². The number of nitrogens with one attached hydrogen (secondary N) is 1. The SMILES string of the molecule is CC(C)Oc1cc(/C=C/c2ccccn2)cc(C(=O)Nc2ccc(C=O)cn2)c1. The van der Waals surface area contributed by atoms with Crippen molar-refractivity contribution in [2.75, 3.05) is 5.32 Å². The van der Waals surface area contributed by atoms with Crippen molar-refractivity contribution in [2.45, 2.75) is 20.0 Å². The van der Waals surface area contributed by atoms with Gasteiger partial charge in [0.05, 0.1) is 11.8 Å². The summed E-state index contributed by atoms with van der Waals surface area (Å²) < 4.78 is 5.79. The maximum atomic E-state index is 12.7. The number of ether oxygens (including phenoxy) is 1. The Hall–Kier alpha value is -3.80. The highest BCUT2D eigenvalue weighted by Crippen LogP contribution is 2.21. The van der Waals surface area contributed by atoms with Gasteiger partial charge in [-0.1, -0.05) is 12.1 Å². The molecule has 6 heteroatoms. The van der Waals surface area contributed by atoms with Crippen molar-refractivity contribution in [2.24, 2.45) is 0 Å². The molecule has 0 radical (unpaired) electrons. The van der Waals surface area contributed by atoms with Crippen molar-refractivity contribution in [1.29, 1.82) is 0 Å². The standard InChI is InChI=1S/C23H21N3O3/c1-16(2)29-21-12-17(6-8-20-5-3-4-10-24-20)11-19(13-21)23(28)26-22-9-7-18(15-27)14-25-22/h3-16H,1-2H3,(H,25,26,28)/b8-6+. The van der Waals surface area contributed by atoms with Gasteiger partial charge in [0.25, 0.3) is 5.91 Å². The zero-order valence-corrected chi connectivity index (χ0v) is 16.2. The third-order valence-corrected chi connectivity index (χ3v) is 3.86. The number of anilines is 1. The number of amides is 1. The average molecular weight is 387 g/mol. The molecule has 0 unspecified atom stereocenters. The third kappa shape index (κ3) is 5.84. The fourth-order valence-corrected chi connectivity index (χ4v) is 2.58. The number of carbonyl (C=O) groups is 2. The van der Waals surface area contributed by atoms with Crippen molar-refractivity contribution in [3.05, 3.63) is 83.3 Å². The zero-order valence-electron chi connectivity index (χ0n) is 16.2. The first-order valence-corrected chi connectivity index (χ1v) is 9.17. The molecule has 0 atom stereocenters. The molecular weight excluding hydrogens is 366 g/mol. The number of aldehydes is 1. The van der Waals surface area contributed by atoms with Crippen LogP contribution >= 0.6 is 0 Å². The van der Waals surface area contributed by atoms with Crippen LogP contribution in [0.25, 0.3) is 12.2 Å². The van der Waals surface area contributed by atoms with Crippen LogP contribution in [0.1, 0.15) is 45.8 Å². The molecule has 3 rings (SSSR count). The molecule has 29 heavy (non-hydrogen) atoms. The number of rotatable bonds is 7. The van der Waals surface area contributed by atoms with E-state index in [0.29, 0.717) is 29.0 Å². The molecule has 146 valence electrons. The highest BCUT2D eigenvalue weighted by Gasteiger charge is 2.11. The number of aromatic nitrogens is 2. The van der Waals surface area contributed by atoms with Gasteiger partial charge in [-0.2, -0.15) is 0 Å². The predicted octanol–water partition coefficient (Wildman–Crippen LogP) is 4.50. The fraction of sp³-hybridized carbons (Fsp3) is 0.130. The van der Waals surface area contributed by atoms with Gasteiger partial charge in [-0.25, -0.2) is 4.98 Å². The molecule has 0 aliphatic carbocycles. The lowest BCUT2D eigenvalue weighted by atomic mass is 10.1. The summed E-state index contributed by atoms with van der Waals surface area (Å²) in [6, 6.07) is 14.2. The van der Waals surface area contributed by atoms with E-state index >= 15 is 0 Å². The van der Waals surface area contributed by atoms with Gasteiger partial charge in [-0.05, 0) is 68.0 Å². The minimum absolute atomic E-state index is 0.0292. The highest BCUT2D eigenvalue weighted by molar-refractivity contribution is 6.04. The summed E-state index contributed by atoms with van der Waals surface area (Å²) in [5.74, 6) is 0.636. The maximum absolute atomic E-state index is 12.7. The van der Waals surface area contributed by atoms with Gasteiger partial charge in [0, 0.05) is 23.5 Å². The van der Waals surface area contributed by atoms with Crippen LogP contribution in [0.2, 0.25) is 0 Å². The van der Waals surface area contributed by atoms with Gasteiger partial charge < -0.3 is 10.1 Å². The lowest BCUT2D eigenvalue weighted by Crippen LogP contribution is -2.14. The topological polar surface area (TPSA) is 81.2 Å². The lowest BCUT2D eigenvalue weighted by Gasteiger charge is -2.12. The van der Waals surface area contributed by atoms with Gasteiger partial charge in [0.1, 0.15) is 11.6 Å². The van der Waals surface area contributed by atoms with Crippen molar-refractivity contribution < 1.29 is 14.3 Å². The number of pyridine rings is 2. The Bertz CT molecular complexity index is 1010. The molecule has 0 saturated heterocycles. The van der Waals surface area contributed by atoms with E-state index in [9.17, 15) is 9.59 Å². The largest absolute Gasteiger partial charge is 0.491 e. The van der Waals surface area contributed by atoms with E-state index < -0.39 is 0 Å². The Morgan fingerprint density at radius 2 is 1.90 bits per heavy atom. The maximum Gasteiger partial charge on any atom is 0.256 e. The van der Waals surface area contributed by atoms with Crippen LogP contribution in [0.15, 0.2) is 60.9 Å². The minimum Gasteiger partial charge on any atom is -0.491 e. The van der Waals surface area contributed by atoms with Gasteiger partial charge in [-0.15, -0.1) is 0 Å². The lowest BCUT2D eigenvalue weighted by molar-refractivity contribution is 0.102. The minimum atomic E-state index is -0.321. The summed E-state index contributed by atoms with van der Waals surface area (Å²) in [6.45, 7) is 3.85. The summed E-state index contributed by atoms with van der Waals surface area (Å²) in [4.78, 5) is 31.8. The van der Waals surface area contributed by atoms with Crippen molar-refractivity contribution >= 4 is 30.2 Å². The van der Waals surface area contributed by atoms with Crippen LogP contribution in [0.4, 0.5) is 5.82 Å². The van der Waals surface area contributed by atoms with E-state index in [1.807, 2.05) is 50.3 Å². The quantitative estimate of drug-likeness (QED) is 0.604. The molecule has 0 saturated carbocycles. The molecule has 0 fully saturated rings. The third-order valence-electron chi connectivity index (χ3n) is 3.86. The van der Waals surface area contributed by atoms with Gasteiger partial charge >= 0.3 is 0 Å². The fourth-order valence-electron chi connectivity index (χ4n) is 2.58. The Balaban J connectivity index is 1.86. The molecule has 0 aliphatic heterocycles. The molecule has 0 aliphatic rings. The van der Waals surface area contributed by atoms with E-state index in [4.69, 9.17) is 4.74 Å². The monoisotopic (exact) mass is 387 g/mol. The summed E-state index contributed by atoms with van der Waals surface area (Å²) >= 11 is 0. The Morgan fingerprint density at radius 3 is 2.55 bits per heavy atom. The Kier molecular flexibility index (Phi) is 6.47. The number of carbonyl (C=O) groups excluding carboxylic acids is 2. The van der Waals surface area contributed by atoms with Crippen LogP contribution in [0.5, 0.6) is 5.75 Å². The van der Waals surface area contributed by atoms with E-state index in [-0.39, 0.29) is 12.0 Å². The van der Waals surface area contributed by atoms with Crippen molar-refractivity contribution in [1.82, 2.24) is 9.97 Å². The molecule has 3 aromatic rings. The number of hydrogen-bond donors (Lipinski definition) is 1. The molecule has 1 aromatic carbocycles. The summed E-state index contributed by atoms with van der Waals surface area (Å²) in [5, 5.41) is 2.73. The van der Waals surface area contributed by atoms with Crippen LogP contribution < -0.4 is 10.1 Å². The molecular formula is C23H21N3O3. The summed E-state index contributed by atoms with van der Waals surface area (Å²) in [6.07, 6.45) is 7.55. The normalized spacial score (nSPS) is 10.9. The molecule has 2 heterocycles. The highest BCUT2D eigenvalue weighted by atomic mass is 16.5. The van der Waals surface area contributed by atoms with Crippen LogP contribution in [0, 0.1) is 0 Å². The first-order chi connectivity index (χ1) is 14.0. The summed E-state index contributed by atoms with van der Waals surface area (Å²) in [7, 11) is 0. The second-order valence-electron chi connectivity index (χ2n) is 6.59. The number of benzene rings is 1. The second kappa shape index (κ2) is 9.41. The van der Waals surface area contributed by atoms with E-state index in [1.54, 1.807) is 30.5 Å². The van der Waals surface area contributed by atoms with Crippen LogP contribution in [-0.2, 0) is 0 Å². The smallest absolute Gasteiger partial charge is 0.256 e. The van der Waals surface area contributed by atoms with E-state index in [2.05, 4.69) is 15.3 Å². The zero-order chi connectivity index (χ0) is 20.6. The van der Waals surface area contributed by atoms with Crippen molar-refractivity contribution in [3.63, 3.8) is 0 Å². The molecule has 0 bridgehead atoms. The average Bonchev–Trinajstić information content (AvgIpc) is 2.73. The van der Waals surface area contributed by atoms with E-state index in [1.165, 1.54) is 6.20 Å². The molecule has 1 N–H and O–H groups in total. The van der Waals surface area contributed by atoms with Gasteiger partial charge in [0.15, 0.2) is 6.29 Å². The van der Waals surface area contributed by atoms with Crippen LogP contribution in [-0.4, -0.2) is 28.3 Å². The molecule has 1 amide bonds. The summed E-state index contributed by atoms with van der Waals surface area (Å²) in [5.41, 5.74) is 2.50. The first kappa shape index (κ1) is 19.9. The molecule has 0 spiro atoms. The second-order valence-corrected chi connectivity index (χ2v) is 6.59. The van der Waals surface area contributed by atoms with Crippen molar-refractivity contribution in [3.8, 4) is 5.75 Å². The van der Waals surface area contributed by atoms with E-state index in [0.717, 1.165) is 11.3 Å². The van der Waals surface area contributed by atoms with Gasteiger partial charge in [0.2, 0.25) is 0 Å². The number of hydrogen-bond acceptors (Lipinski definition) is 5.